The molecule has 0 radical (unpaired) electrons. The summed E-state index contributed by atoms with van der Waals surface area (Å²) in [7, 11) is 0. The number of aromatic hydroxyl groups is 1. The second kappa shape index (κ2) is 14.7. The normalized spacial score (nSPS) is 10.1. The molecule has 0 aliphatic heterocycles. The fraction of sp³-hybridized carbons (Fsp3) is 0.286. The third-order valence-electron chi connectivity index (χ3n) is 5.01. The minimum Gasteiger partial charge on any atom is -0.508 e. The van der Waals surface area contributed by atoms with E-state index in [0.29, 0.717) is 18.6 Å². The maximum absolute atomic E-state index is 12.0. The number of rotatable bonds is 11. The van der Waals surface area contributed by atoms with Crippen molar-refractivity contribution >= 4 is 11.6 Å². The first-order valence-electron chi connectivity index (χ1n) is 11.1. The second-order valence-corrected chi connectivity index (χ2v) is 7.54. The Hall–Kier alpha value is -3.20. The molecule has 3 aromatic carbocycles. The van der Waals surface area contributed by atoms with Crippen LogP contribution in [0.25, 0.3) is 0 Å². The van der Waals surface area contributed by atoms with E-state index in [-0.39, 0.29) is 11.6 Å². The van der Waals surface area contributed by atoms with E-state index in [1.54, 1.807) is 24.3 Å². The lowest BCUT2D eigenvalue weighted by Gasteiger charge is -2.03. The van der Waals surface area contributed by atoms with Crippen LogP contribution in [0, 0.1) is 0 Å². The predicted octanol–water partition coefficient (Wildman–Crippen LogP) is 7.27. The van der Waals surface area contributed by atoms with Crippen LogP contribution < -0.4 is 0 Å². The molecular formula is C28H32O3. The third kappa shape index (κ3) is 10.4. The number of ketones is 2. The topological polar surface area (TPSA) is 54.4 Å². The molecule has 0 fully saturated rings. The van der Waals surface area contributed by atoms with E-state index in [0.717, 1.165) is 49.7 Å². The van der Waals surface area contributed by atoms with Gasteiger partial charge in [-0.25, -0.2) is 0 Å². The number of benzene rings is 3. The van der Waals surface area contributed by atoms with Crippen LogP contribution in [0.3, 0.4) is 0 Å². The summed E-state index contributed by atoms with van der Waals surface area (Å²) in [4.78, 5) is 23.9. The standard InChI is InChI=1S/C22H26O2.C6H6O/c23-21(19-13-7-5-8-14-19)17-11-3-1-2-4-12-18-22(24)20-15-9-6-10-16-20;7-6-4-2-1-3-5-6/h5-10,13-16H,1-4,11-12,17-18H2;1-5,7H. The van der Waals surface area contributed by atoms with Crippen LogP contribution >= 0.6 is 0 Å². The first-order chi connectivity index (χ1) is 15.2. The predicted molar refractivity (Wildman–Crippen MR) is 127 cm³/mol. The summed E-state index contributed by atoms with van der Waals surface area (Å²) in [5.41, 5.74) is 1.63. The highest BCUT2D eigenvalue weighted by atomic mass is 16.3. The van der Waals surface area contributed by atoms with Gasteiger partial charge < -0.3 is 5.11 Å². The second-order valence-electron chi connectivity index (χ2n) is 7.54. The Morgan fingerprint density at radius 1 is 0.484 bits per heavy atom. The van der Waals surface area contributed by atoms with Crippen molar-refractivity contribution in [1.82, 2.24) is 0 Å². The van der Waals surface area contributed by atoms with Gasteiger partial charge in [-0.1, -0.05) is 105 Å². The number of carbonyl (C=O) groups is 2. The van der Waals surface area contributed by atoms with Gasteiger partial charge in [-0.05, 0) is 25.0 Å². The minimum atomic E-state index is 0.240. The molecule has 3 rings (SSSR count). The van der Waals surface area contributed by atoms with Crippen molar-refractivity contribution in [3.63, 3.8) is 0 Å². The molecule has 162 valence electrons. The third-order valence-corrected chi connectivity index (χ3v) is 5.01. The molecule has 0 amide bonds. The molecule has 31 heavy (non-hydrogen) atoms. The molecule has 0 aliphatic rings. The molecule has 0 saturated heterocycles. The van der Waals surface area contributed by atoms with E-state index < -0.39 is 0 Å². The Morgan fingerprint density at radius 3 is 1.13 bits per heavy atom. The van der Waals surface area contributed by atoms with Gasteiger partial charge in [0, 0.05) is 24.0 Å². The van der Waals surface area contributed by atoms with Gasteiger partial charge in [0.1, 0.15) is 5.75 Å². The summed E-state index contributed by atoms with van der Waals surface area (Å²) in [6.07, 6.45) is 7.64. The highest BCUT2D eigenvalue weighted by Crippen LogP contribution is 2.13. The molecule has 0 spiro atoms. The summed E-state index contributed by atoms with van der Waals surface area (Å²) >= 11 is 0. The van der Waals surface area contributed by atoms with Gasteiger partial charge in [-0.3, -0.25) is 9.59 Å². The van der Waals surface area contributed by atoms with Crippen LogP contribution in [-0.4, -0.2) is 16.7 Å². The summed E-state index contributed by atoms with van der Waals surface area (Å²) < 4.78 is 0. The smallest absolute Gasteiger partial charge is 0.162 e. The molecule has 0 aromatic heterocycles. The van der Waals surface area contributed by atoms with Gasteiger partial charge in [0.15, 0.2) is 11.6 Å². The lowest BCUT2D eigenvalue weighted by molar-refractivity contribution is 0.0969. The first kappa shape index (κ1) is 24.1. The van der Waals surface area contributed by atoms with Crippen LogP contribution in [0.1, 0.15) is 72.1 Å². The first-order valence-corrected chi connectivity index (χ1v) is 11.1. The van der Waals surface area contributed by atoms with Gasteiger partial charge in [0.05, 0.1) is 0 Å². The van der Waals surface area contributed by atoms with Crippen molar-refractivity contribution in [2.24, 2.45) is 0 Å². The molecule has 0 saturated carbocycles. The molecule has 3 nitrogen and oxygen atoms in total. The van der Waals surface area contributed by atoms with E-state index in [1.165, 1.54) is 0 Å². The molecule has 0 unspecified atom stereocenters. The summed E-state index contributed by atoms with van der Waals surface area (Å²) in [5.74, 6) is 0.801. The summed E-state index contributed by atoms with van der Waals surface area (Å²) in [6.45, 7) is 0. The van der Waals surface area contributed by atoms with E-state index >= 15 is 0 Å². The monoisotopic (exact) mass is 416 g/mol. The molecule has 1 N–H and O–H groups in total. The zero-order valence-corrected chi connectivity index (χ0v) is 18.1. The molecular weight excluding hydrogens is 384 g/mol. The quantitative estimate of drug-likeness (QED) is 0.264. The Kier molecular flexibility index (Phi) is 11.4. The van der Waals surface area contributed by atoms with Gasteiger partial charge in [-0.15, -0.1) is 0 Å². The van der Waals surface area contributed by atoms with Crippen LogP contribution in [-0.2, 0) is 0 Å². The lowest BCUT2D eigenvalue weighted by Crippen LogP contribution is -1.99. The van der Waals surface area contributed by atoms with Crippen molar-refractivity contribution in [2.45, 2.75) is 51.4 Å². The summed E-state index contributed by atoms with van der Waals surface area (Å²) in [6, 6.07) is 27.7. The highest BCUT2D eigenvalue weighted by molar-refractivity contribution is 5.96. The zero-order chi connectivity index (χ0) is 22.2. The maximum atomic E-state index is 12.0. The SMILES string of the molecule is O=C(CCCCCCCCC(=O)c1ccccc1)c1ccccc1.Oc1ccccc1. The van der Waals surface area contributed by atoms with Crippen LogP contribution in [0.5, 0.6) is 5.75 Å². The average molecular weight is 417 g/mol. The van der Waals surface area contributed by atoms with Crippen molar-refractivity contribution in [3.8, 4) is 5.75 Å². The van der Waals surface area contributed by atoms with Crippen molar-refractivity contribution in [1.29, 1.82) is 0 Å². The van der Waals surface area contributed by atoms with Crippen LogP contribution in [0.4, 0.5) is 0 Å². The molecule has 0 atom stereocenters. The minimum absolute atomic E-state index is 0.240. The fourth-order valence-electron chi connectivity index (χ4n) is 3.24. The molecule has 3 heteroatoms. The number of hydrogen-bond acceptors (Lipinski definition) is 3. The van der Waals surface area contributed by atoms with Gasteiger partial charge >= 0.3 is 0 Å². The number of hydrogen-bond donors (Lipinski definition) is 1. The molecule has 0 aliphatic carbocycles. The van der Waals surface area contributed by atoms with E-state index in [4.69, 9.17) is 5.11 Å². The van der Waals surface area contributed by atoms with Gasteiger partial charge in [-0.2, -0.15) is 0 Å². The number of carbonyl (C=O) groups excluding carboxylic acids is 2. The van der Waals surface area contributed by atoms with Crippen LogP contribution in [0.15, 0.2) is 91.0 Å². The van der Waals surface area contributed by atoms with E-state index in [2.05, 4.69) is 0 Å². The van der Waals surface area contributed by atoms with Crippen LogP contribution in [0.2, 0.25) is 0 Å². The number of phenols is 1. The summed E-state index contributed by atoms with van der Waals surface area (Å²) in [5, 5.41) is 8.63. The molecule has 0 heterocycles. The maximum Gasteiger partial charge on any atom is 0.162 e. The number of para-hydroxylation sites is 1. The number of unbranched alkanes of at least 4 members (excludes halogenated alkanes) is 5. The van der Waals surface area contributed by atoms with Crippen molar-refractivity contribution < 1.29 is 14.7 Å². The van der Waals surface area contributed by atoms with E-state index in [1.807, 2.05) is 66.7 Å². The van der Waals surface area contributed by atoms with Gasteiger partial charge in [0.2, 0.25) is 0 Å². The average Bonchev–Trinajstić information content (AvgIpc) is 2.82. The largest absolute Gasteiger partial charge is 0.508 e. The fourth-order valence-corrected chi connectivity index (χ4v) is 3.24. The Morgan fingerprint density at radius 2 is 0.806 bits per heavy atom. The van der Waals surface area contributed by atoms with Crippen molar-refractivity contribution in [3.05, 3.63) is 102 Å². The number of phenolic OH excluding ortho intramolecular Hbond substituents is 1. The van der Waals surface area contributed by atoms with E-state index in [9.17, 15) is 9.59 Å². The highest BCUT2D eigenvalue weighted by Gasteiger charge is 2.05. The zero-order valence-electron chi connectivity index (χ0n) is 18.1. The van der Waals surface area contributed by atoms with Crippen molar-refractivity contribution in [2.75, 3.05) is 0 Å². The Bertz CT molecular complexity index is 816. The Labute approximate surface area is 185 Å². The molecule has 0 bridgehead atoms. The lowest BCUT2D eigenvalue weighted by atomic mass is 10.0. The number of Topliss-reactive ketones (excluding diaryl/α,β-unsaturated/α-hetero) is 2. The molecule has 3 aromatic rings. The van der Waals surface area contributed by atoms with Gasteiger partial charge in [0.25, 0.3) is 0 Å². The Balaban J connectivity index is 0.000000412.